The molecule has 0 bridgehead atoms. The highest BCUT2D eigenvalue weighted by Crippen LogP contribution is 2.44. The first-order chi connectivity index (χ1) is 11.8. The number of hydrogen-bond donors (Lipinski definition) is 2. The van der Waals surface area contributed by atoms with Gasteiger partial charge >= 0.3 is 12.1 Å². The number of nitrogens with zero attached hydrogens (tertiary/aromatic N) is 2. The quantitative estimate of drug-likeness (QED) is 0.678. The van der Waals surface area contributed by atoms with Gasteiger partial charge in [-0.1, -0.05) is 18.5 Å². The summed E-state index contributed by atoms with van der Waals surface area (Å²) in [6.07, 6.45) is -1.10. The van der Waals surface area contributed by atoms with Gasteiger partial charge in [0.05, 0.1) is 5.56 Å². The SMILES string of the molecule is CC1(C)CC1NC(=O)c1cc[n+](CCC(=O)O)nc1.O=C([O-])C(F)(F)F. The van der Waals surface area contributed by atoms with Gasteiger partial charge in [0.2, 0.25) is 0 Å². The predicted octanol–water partition coefficient (Wildman–Crippen LogP) is -0.329. The van der Waals surface area contributed by atoms with Crippen LogP contribution in [-0.2, 0) is 16.1 Å². The van der Waals surface area contributed by atoms with Crippen molar-refractivity contribution in [2.45, 2.75) is 45.5 Å². The van der Waals surface area contributed by atoms with E-state index in [0.717, 1.165) is 6.42 Å². The number of aryl methyl sites for hydroxylation is 1. The van der Waals surface area contributed by atoms with Crippen LogP contribution in [0.25, 0.3) is 0 Å². The van der Waals surface area contributed by atoms with Crippen LogP contribution in [0.15, 0.2) is 18.5 Å². The second-order valence-electron chi connectivity index (χ2n) is 6.33. The lowest BCUT2D eigenvalue weighted by Crippen LogP contribution is -2.39. The number of alkyl halides is 3. The maximum Gasteiger partial charge on any atom is 0.430 e. The van der Waals surface area contributed by atoms with E-state index >= 15 is 0 Å². The number of carboxylic acids is 2. The van der Waals surface area contributed by atoms with Crippen LogP contribution in [0.5, 0.6) is 0 Å². The molecule has 0 aromatic carbocycles. The molecule has 1 heterocycles. The average molecular weight is 377 g/mol. The zero-order valence-corrected chi connectivity index (χ0v) is 14.0. The molecule has 1 aromatic heterocycles. The summed E-state index contributed by atoms with van der Waals surface area (Å²) >= 11 is 0. The predicted molar refractivity (Wildman–Crippen MR) is 77.4 cm³/mol. The summed E-state index contributed by atoms with van der Waals surface area (Å²) in [5.74, 6) is -4.01. The molecular weight excluding hydrogens is 359 g/mol. The number of carbonyl (C=O) groups excluding carboxylic acids is 2. The Kier molecular flexibility index (Phi) is 6.65. The molecule has 144 valence electrons. The molecule has 11 heteroatoms. The topological polar surface area (TPSA) is 123 Å². The second kappa shape index (κ2) is 8.11. The van der Waals surface area contributed by atoms with Crippen LogP contribution in [0.4, 0.5) is 13.2 Å². The molecule has 26 heavy (non-hydrogen) atoms. The van der Waals surface area contributed by atoms with Gasteiger partial charge in [0, 0.05) is 12.1 Å². The molecule has 1 aromatic rings. The minimum Gasteiger partial charge on any atom is -0.542 e. The molecule has 2 N–H and O–H groups in total. The van der Waals surface area contributed by atoms with Crippen LogP contribution >= 0.6 is 0 Å². The molecule has 1 atom stereocenters. The fourth-order valence-corrected chi connectivity index (χ4v) is 1.82. The van der Waals surface area contributed by atoms with Crippen LogP contribution in [0.1, 0.15) is 37.0 Å². The Hall–Kier alpha value is -2.72. The Morgan fingerprint density at radius 3 is 2.31 bits per heavy atom. The first kappa shape index (κ1) is 21.3. The monoisotopic (exact) mass is 377 g/mol. The van der Waals surface area contributed by atoms with Gasteiger partial charge in [0.25, 0.3) is 5.91 Å². The van der Waals surface area contributed by atoms with E-state index in [1.165, 1.54) is 10.9 Å². The molecule has 8 nitrogen and oxygen atoms in total. The van der Waals surface area contributed by atoms with Gasteiger partial charge in [0.1, 0.15) is 18.6 Å². The number of halogens is 3. The molecule has 1 fully saturated rings. The van der Waals surface area contributed by atoms with E-state index in [2.05, 4.69) is 24.3 Å². The summed E-state index contributed by atoms with van der Waals surface area (Å²) < 4.78 is 33.1. The second-order valence-corrected chi connectivity index (χ2v) is 6.33. The van der Waals surface area contributed by atoms with E-state index in [1.54, 1.807) is 12.3 Å². The highest BCUT2D eigenvalue weighted by atomic mass is 19.4. The first-order valence-corrected chi connectivity index (χ1v) is 7.49. The van der Waals surface area contributed by atoms with E-state index in [-0.39, 0.29) is 23.8 Å². The third-order valence-corrected chi connectivity index (χ3v) is 3.64. The molecule has 0 radical (unpaired) electrons. The molecule has 1 unspecified atom stereocenters. The first-order valence-electron chi connectivity index (χ1n) is 7.49. The van der Waals surface area contributed by atoms with E-state index in [0.29, 0.717) is 12.1 Å². The molecule has 1 saturated carbocycles. The van der Waals surface area contributed by atoms with E-state index < -0.39 is 18.1 Å². The highest BCUT2D eigenvalue weighted by Gasteiger charge is 2.46. The van der Waals surface area contributed by atoms with Crippen molar-refractivity contribution in [2.75, 3.05) is 0 Å². The van der Waals surface area contributed by atoms with Crippen molar-refractivity contribution in [3.8, 4) is 0 Å². The molecule has 0 spiro atoms. The summed E-state index contributed by atoms with van der Waals surface area (Å²) in [6, 6.07) is 1.89. The maximum atomic E-state index is 11.9. The molecular formula is C15H18F3N3O5. The Bertz CT molecular complexity index is 674. The molecule has 0 aliphatic heterocycles. The third-order valence-electron chi connectivity index (χ3n) is 3.64. The van der Waals surface area contributed by atoms with Crippen molar-refractivity contribution < 1.29 is 42.4 Å². The zero-order valence-electron chi connectivity index (χ0n) is 14.0. The molecule has 1 amide bonds. The van der Waals surface area contributed by atoms with E-state index in [4.69, 9.17) is 15.0 Å². The van der Waals surface area contributed by atoms with Crippen molar-refractivity contribution in [2.24, 2.45) is 5.41 Å². The molecule has 1 aliphatic rings. The Morgan fingerprint density at radius 2 is 1.96 bits per heavy atom. The minimum atomic E-state index is -5.19. The minimum absolute atomic E-state index is 0.0134. The van der Waals surface area contributed by atoms with Crippen molar-refractivity contribution in [1.82, 2.24) is 10.4 Å². The normalized spacial score (nSPS) is 17.5. The number of hydrogen-bond acceptors (Lipinski definition) is 5. The standard InChI is InChI=1S/C13H17N3O3.C2HF3O2/c1-13(2)7-10(13)15-12(19)9-3-5-16(14-8-9)6-4-11(17)18;3-2(4,5)1(6)7/h3,5,8,10H,4,6-7H2,1-2H3,(H-,15,17,18,19);(H,6,7). The van der Waals surface area contributed by atoms with Crippen molar-refractivity contribution in [1.29, 1.82) is 0 Å². The van der Waals surface area contributed by atoms with E-state index in [1.807, 2.05) is 0 Å². The lowest BCUT2D eigenvalue weighted by atomic mass is 10.2. The molecule has 1 aliphatic carbocycles. The number of aromatic nitrogens is 2. The molecule has 0 saturated heterocycles. The van der Waals surface area contributed by atoms with E-state index in [9.17, 15) is 22.8 Å². The Labute approximate surface area is 146 Å². The summed E-state index contributed by atoms with van der Waals surface area (Å²) in [7, 11) is 0. The smallest absolute Gasteiger partial charge is 0.430 e. The highest BCUT2D eigenvalue weighted by molar-refractivity contribution is 5.94. The number of aliphatic carboxylic acids is 2. The van der Waals surface area contributed by atoms with Crippen molar-refractivity contribution in [3.05, 3.63) is 24.0 Å². The van der Waals surface area contributed by atoms with Gasteiger partial charge in [-0.25, -0.2) is 0 Å². The van der Waals surface area contributed by atoms with Gasteiger partial charge in [-0.05, 0) is 16.9 Å². The largest absolute Gasteiger partial charge is 0.542 e. The van der Waals surface area contributed by atoms with Gasteiger partial charge in [0.15, 0.2) is 12.7 Å². The lowest BCUT2D eigenvalue weighted by Gasteiger charge is -2.05. The summed E-state index contributed by atoms with van der Waals surface area (Å²) in [5, 5.41) is 24.3. The number of carbonyl (C=O) groups is 3. The van der Waals surface area contributed by atoms with Gasteiger partial charge in [-0.3, -0.25) is 9.59 Å². The summed E-state index contributed by atoms with van der Waals surface area (Å²) in [5.41, 5.74) is 0.688. The fraction of sp³-hybridized carbons (Fsp3) is 0.533. The van der Waals surface area contributed by atoms with Crippen molar-refractivity contribution in [3.63, 3.8) is 0 Å². The number of nitrogens with one attached hydrogen (secondary N) is 1. The van der Waals surface area contributed by atoms with Crippen LogP contribution in [0.3, 0.4) is 0 Å². The average Bonchev–Trinajstić information content (AvgIpc) is 3.11. The number of rotatable bonds is 5. The summed E-state index contributed by atoms with van der Waals surface area (Å²) in [6.45, 7) is 4.52. The van der Waals surface area contributed by atoms with Crippen LogP contribution in [0, 0.1) is 5.41 Å². The van der Waals surface area contributed by atoms with Crippen molar-refractivity contribution >= 4 is 17.8 Å². The van der Waals surface area contributed by atoms with Crippen LogP contribution in [-0.4, -0.2) is 40.3 Å². The Balaban J connectivity index is 0.000000412. The maximum absolute atomic E-state index is 11.9. The lowest BCUT2D eigenvalue weighted by molar-refractivity contribution is -0.753. The van der Waals surface area contributed by atoms with Gasteiger partial charge < -0.3 is 20.3 Å². The van der Waals surface area contributed by atoms with Crippen LogP contribution < -0.4 is 15.1 Å². The third kappa shape index (κ3) is 7.03. The van der Waals surface area contributed by atoms with Crippen LogP contribution in [0.2, 0.25) is 0 Å². The number of amides is 1. The van der Waals surface area contributed by atoms with Gasteiger partial charge in [-0.15, -0.1) is 0 Å². The zero-order chi connectivity index (χ0) is 20.1. The Morgan fingerprint density at radius 1 is 1.42 bits per heavy atom. The van der Waals surface area contributed by atoms with Gasteiger partial charge in [-0.2, -0.15) is 13.2 Å². The summed E-state index contributed by atoms with van der Waals surface area (Å²) in [4.78, 5) is 31.1. The molecule has 2 rings (SSSR count). The fourth-order valence-electron chi connectivity index (χ4n) is 1.82. The number of carboxylic acid groups (broad SMARTS) is 2.